The number of aromatic nitrogens is 1. The van der Waals surface area contributed by atoms with Crippen molar-refractivity contribution in [2.75, 3.05) is 5.32 Å². The standard InChI is InChI=1S/C17H20N2O3/c1-9-14(10(2)22-19-9)11-6-7-12-13(8-11)21-15(16(20)18-12)17(3,4)5/h6-8,15H,1-5H3,(H,18,20). The van der Waals surface area contributed by atoms with Crippen LogP contribution in [0.2, 0.25) is 0 Å². The molecule has 1 amide bonds. The summed E-state index contributed by atoms with van der Waals surface area (Å²) in [7, 11) is 0. The monoisotopic (exact) mass is 300 g/mol. The Kier molecular flexibility index (Phi) is 3.24. The van der Waals surface area contributed by atoms with Gasteiger partial charge in [0.15, 0.2) is 6.10 Å². The van der Waals surface area contributed by atoms with Gasteiger partial charge in [-0.3, -0.25) is 4.79 Å². The van der Waals surface area contributed by atoms with E-state index >= 15 is 0 Å². The summed E-state index contributed by atoms with van der Waals surface area (Å²) in [6, 6.07) is 5.72. The molecule has 22 heavy (non-hydrogen) atoms. The summed E-state index contributed by atoms with van der Waals surface area (Å²) in [4.78, 5) is 12.2. The molecule has 5 heteroatoms. The number of carbonyl (C=O) groups is 1. The van der Waals surface area contributed by atoms with Gasteiger partial charge in [-0.15, -0.1) is 0 Å². The van der Waals surface area contributed by atoms with Gasteiger partial charge in [-0.25, -0.2) is 0 Å². The smallest absolute Gasteiger partial charge is 0.266 e. The van der Waals surface area contributed by atoms with E-state index in [1.54, 1.807) is 0 Å². The Hall–Kier alpha value is -2.30. The van der Waals surface area contributed by atoms with E-state index in [0.717, 1.165) is 22.6 Å². The lowest BCUT2D eigenvalue weighted by Gasteiger charge is -2.34. The number of carbonyl (C=O) groups excluding carboxylic acids is 1. The highest BCUT2D eigenvalue weighted by molar-refractivity contribution is 5.98. The first-order chi connectivity index (χ1) is 10.3. The Bertz CT molecular complexity index is 721. The van der Waals surface area contributed by atoms with Crippen molar-refractivity contribution in [2.24, 2.45) is 5.41 Å². The van der Waals surface area contributed by atoms with Gasteiger partial charge < -0.3 is 14.6 Å². The summed E-state index contributed by atoms with van der Waals surface area (Å²) in [5.74, 6) is 1.34. The zero-order valence-corrected chi connectivity index (χ0v) is 13.5. The normalized spacial score (nSPS) is 17.7. The quantitative estimate of drug-likeness (QED) is 0.872. The maximum Gasteiger partial charge on any atom is 0.266 e. The number of anilines is 1. The lowest BCUT2D eigenvalue weighted by molar-refractivity contribution is -0.128. The van der Waals surface area contributed by atoms with Crippen molar-refractivity contribution in [1.82, 2.24) is 5.16 Å². The van der Waals surface area contributed by atoms with E-state index in [1.165, 1.54) is 0 Å². The molecule has 1 N–H and O–H groups in total. The molecule has 2 heterocycles. The van der Waals surface area contributed by atoms with E-state index in [1.807, 2.05) is 52.8 Å². The van der Waals surface area contributed by atoms with Crippen molar-refractivity contribution in [3.63, 3.8) is 0 Å². The minimum atomic E-state index is -0.514. The van der Waals surface area contributed by atoms with Crippen LogP contribution in [0.4, 0.5) is 5.69 Å². The number of rotatable bonds is 1. The average Bonchev–Trinajstić information content (AvgIpc) is 2.76. The van der Waals surface area contributed by atoms with E-state index in [4.69, 9.17) is 9.26 Å². The number of hydrogen-bond donors (Lipinski definition) is 1. The van der Waals surface area contributed by atoms with Gasteiger partial charge >= 0.3 is 0 Å². The highest BCUT2D eigenvalue weighted by atomic mass is 16.5. The molecule has 0 fully saturated rings. The molecule has 0 aliphatic carbocycles. The molecule has 1 aromatic heterocycles. The first-order valence-electron chi connectivity index (χ1n) is 7.32. The lowest BCUT2D eigenvalue weighted by Crippen LogP contribution is -2.45. The molecule has 5 nitrogen and oxygen atoms in total. The molecule has 3 rings (SSSR count). The fourth-order valence-corrected chi connectivity index (χ4v) is 2.72. The Labute approximate surface area is 129 Å². The molecule has 1 aromatic carbocycles. The molecule has 0 spiro atoms. The predicted molar refractivity (Wildman–Crippen MR) is 83.9 cm³/mol. The van der Waals surface area contributed by atoms with Crippen molar-refractivity contribution >= 4 is 11.6 Å². The van der Waals surface area contributed by atoms with Crippen LogP contribution in [0.15, 0.2) is 22.7 Å². The van der Waals surface area contributed by atoms with Crippen LogP contribution < -0.4 is 10.1 Å². The second-order valence-corrected chi connectivity index (χ2v) is 6.76. The van der Waals surface area contributed by atoms with Crippen molar-refractivity contribution in [3.05, 3.63) is 29.7 Å². The van der Waals surface area contributed by atoms with E-state index < -0.39 is 6.10 Å². The number of ether oxygens (including phenoxy) is 1. The number of fused-ring (bicyclic) bond motifs is 1. The SMILES string of the molecule is Cc1noc(C)c1-c1ccc2c(c1)OC(C(C)(C)C)C(=O)N2. The molecule has 1 aliphatic rings. The van der Waals surface area contributed by atoms with E-state index in [2.05, 4.69) is 10.5 Å². The van der Waals surface area contributed by atoms with Gasteiger partial charge in [-0.05, 0) is 31.5 Å². The average molecular weight is 300 g/mol. The summed E-state index contributed by atoms with van der Waals surface area (Å²) in [6.45, 7) is 9.75. The van der Waals surface area contributed by atoms with Crippen LogP contribution >= 0.6 is 0 Å². The van der Waals surface area contributed by atoms with Gasteiger partial charge in [0.05, 0.1) is 11.4 Å². The summed E-state index contributed by atoms with van der Waals surface area (Å²) in [6.07, 6.45) is -0.514. The molecular formula is C17H20N2O3. The number of nitrogens with one attached hydrogen (secondary N) is 1. The van der Waals surface area contributed by atoms with Crippen molar-refractivity contribution in [3.8, 4) is 16.9 Å². The first-order valence-corrected chi connectivity index (χ1v) is 7.32. The maximum atomic E-state index is 12.2. The minimum absolute atomic E-state index is 0.106. The zero-order chi connectivity index (χ0) is 16.1. The second-order valence-electron chi connectivity index (χ2n) is 6.76. The molecule has 1 atom stereocenters. The molecule has 0 radical (unpaired) electrons. The molecule has 0 saturated carbocycles. The van der Waals surface area contributed by atoms with Gasteiger partial charge in [0, 0.05) is 11.0 Å². The van der Waals surface area contributed by atoms with Gasteiger partial charge in [-0.2, -0.15) is 0 Å². The highest BCUT2D eigenvalue weighted by Gasteiger charge is 2.37. The molecule has 0 bridgehead atoms. The third-order valence-electron chi connectivity index (χ3n) is 3.83. The van der Waals surface area contributed by atoms with Crippen LogP contribution in [0.3, 0.4) is 0 Å². The Morgan fingerprint density at radius 3 is 2.55 bits per heavy atom. The number of hydrogen-bond acceptors (Lipinski definition) is 4. The minimum Gasteiger partial charge on any atom is -0.478 e. The summed E-state index contributed by atoms with van der Waals surface area (Å²) in [5, 5.41) is 6.90. The van der Waals surface area contributed by atoms with Crippen molar-refractivity contribution < 1.29 is 14.1 Å². The van der Waals surface area contributed by atoms with Crippen LogP contribution in [0.1, 0.15) is 32.2 Å². The fraction of sp³-hybridized carbons (Fsp3) is 0.412. The van der Waals surface area contributed by atoms with Gasteiger partial charge in [-0.1, -0.05) is 32.0 Å². The zero-order valence-electron chi connectivity index (χ0n) is 13.5. The molecular weight excluding hydrogens is 280 g/mol. The number of benzene rings is 1. The molecule has 116 valence electrons. The van der Waals surface area contributed by atoms with Crippen LogP contribution in [-0.4, -0.2) is 17.2 Å². The maximum absolute atomic E-state index is 12.2. The second kappa shape index (κ2) is 4.87. The van der Waals surface area contributed by atoms with Crippen molar-refractivity contribution in [2.45, 2.75) is 40.7 Å². The highest BCUT2D eigenvalue weighted by Crippen LogP contribution is 2.39. The van der Waals surface area contributed by atoms with E-state index in [9.17, 15) is 4.79 Å². The number of amides is 1. The summed E-state index contributed by atoms with van der Waals surface area (Å²) >= 11 is 0. The van der Waals surface area contributed by atoms with Crippen LogP contribution in [0.5, 0.6) is 5.75 Å². The van der Waals surface area contributed by atoms with Gasteiger partial charge in [0.1, 0.15) is 11.5 Å². The third kappa shape index (κ3) is 2.36. The van der Waals surface area contributed by atoms with Crippen LogP contribution in [0.25, 0.3) is 11.1 Å². The van der Waals surface area contributed by atoms with Crippen molar-refractivity contribution in [1.29, 1.82) is 0 Å². The summed E-state index contributed by atoms with van der Waals surface area (Å²) in [5.41, 5.74) is 3.20. The van der Waals surface area contributed by atoms with Crippen LogP contribution in [-0.2, 0) is 4.79 Å². The molecule has 2 aromatic rings. The topological polar surface area (TPSA) is 64.4 Å². The van der Waals surface area contributed by atoms with Gasteiger partial charge in [0.2, 0.25) is 0 Å². The Balaban J connectivity index is 2.03. The Morgan fingerprint density at radius 1 is 1.23 bits per heavy atom. The lowest BCUT2D eigenvalue weighted by atomic mass is 9.87. The first kappa shape index (κ1) is 14.6. The molecule has 1 aliphatic heterocycles. The van der Waals surface area contributed by atoms with E-state index in [0.29, 0.717) is 11.4 Å². The number of aryl methyl sites for hydroxylation is 2. The van der Waals surface area contributed by atoms with Gasteiger partial charge in [0.25, 0.3) is 5.91 Å². The third-order valence-corrected chi connectivity index (χ3v) is 3.83. The van der Waals surface area contributed by atoms with E-state index in [-0.39, 0.29) is 11.3 Å². The predicted octanol–water partition coefficient (Wildman–Crippen LogP) is 3.70. The Morgan fingerprint density at radius 2 is 1.95 bits per heavy atom. The summed E-state index contributed by atoms with van der Waals surface area (Å²) < 4.78 is 11.2. The largest absolute Gasteiger partial charge is 0.478 e. The number of nitrogens with zero attached hydrogens (tertiary/aromatic N) is 1. The fourth-order valence-electron chi connectivity index (χ4n) is 2.72. The van der Waals surface area contributed by atoms with Crippen LogP contribution in [0, 0.1) is 19.3 Å². The molecule has 0 saturated heterocycles. The molecule has 1 unspecified atom stereocenters.